The highest BCUT2D eigenvalue weighted by atomic mass is 13.6. The average molecular weight is 166 g/mol. The Morgan fingerprint density at radius 1 is 0.583 bits per heavy atom. The first-order valence-corrected chi connectivity index (χ1v) is 4.91. The van der Waals surface area contributed by atoms with Gasteiger partial charge in [-0.05, 0) is 0 Å². The lowest BCUT2D eigenvalue weighted by Gasteiger charge is -1.69. The molecule has 0 heteroatoms. The Labute approximate surface area is 77.6 Å². The van der Waals surface area contributed by atoms with Gasteiger partial charge in [0.2, 0.25) is 0 Å². The second-order valence-electron chi connectivity index (χ2n) is 2.15. The van der Waals surface area contributed by atoms with Crippen LogP contribution >= 0.6 is 0 Å². The number of rotatable bonds is 1. The molecule has 0 aliphatic heterocycles. The Bertz CT molecular complexity index is 92.0. The van der Waals surface area contributed by atoms with Crippen molar-refractivity contribution in [1.82, 2.24) is 0 Å². The van der Waals surface area contributed by atoms with Gasteiger partial charge in [-0.25, -0.2) is 0 Å². The van der Waals surface area contributed by atoms with Crippen molar-refractivity contribution in [2.75, 3.05) is 0 Å². The number of unbranched alkanes of at least 4 members (excludes halogenated alkanes) is 1. The van der Waals surface area contributed by atoms with Crippen LogP contribution < -0.4 is 0 Å². The van der Waals surface area contributed by atoms with Crippen LogP contribution in [0, 0.1) is 0 Å². The molecule has 0 aromatic heterocycles. The molecule has 0 saturated carbocycles. The molecule has 0 fully saturated rings. The summed E-state index contributed by atoms with van der Waals surface area (Å²) in [4.78, 5) is 0. The fraction of sp³-hybridized carbons (Fsp3) is 0.500. The standard InChI is InChI=1S/C6H6.C4H10.C2H6/c1-2-4-6-5-3-1;1-3-4-2;1-2/h1-6H;3-4H2,1-2H3;1-2H3. The molecule has 0 nitrogen and oxygen atoms in total. The van der Waals surface area contributed by atoms with E-state index in [1.54, 1.807) is 0 Å². The fourth-order valence-electron chi connectivity index (χ4n) is 0.385. The Hall–Kier alpha value is -0.780. The van der Waals surface area contributed by atoms with E-state index >= 15 is 0 Å². The summed E-state index contributed by atoms with van der Waals surface area (Å²) in [5, 5.41) is 0. The van der Waals surface area contributed by atoms with E-state index in [-0.39, 0.29) is 0 Å². The Morgan fingerprint density at radius 3 is 0.833 bits per heavy atom. The summed E-state index contributed by atoms with van der Waals surface area (Å²) in [6, 6.07) is 12.0. The summed E-state index contributed by atoms with van der Waals surface area (Å²) in [6.07, 6.45) is 2.64. The molecule has 0 bridgehead atoms. The highest BCUT2D eigenvalue weighted by molar-refractivity contribution is 4.99. The van der Waals surface area contributed by atoms with Crippen LogP contribution in [0.25, 0.3) is 0 Å². The number of hydrogen-bond donors (Lipinski definition) is 0. The monoisotopic (exact) mass is 166 g/mol. The van der Waals surface area contributed by atoms with Gasteiger partial charge in [0.15, 0.2) is 0 Å². The van der Waals surface area contributed by atoms with E-state index in [2.05, 4.69) is 13.8 Å². The third-order valence-electron chi connectivity index (χ3n) is 1.17. The van der Waals surface area contributed by atoms with Gasteiger partial charge in [0.1, 0.15) is 0 Å². The highest BCUT2D eigenvalue weighted by Gasteiger charge is 1.58. The van der Waals surface area contributed by atoms with Crippen LogP contribution in [-0.4, -0.2) is 0 Å². The lowest BCUT2D eigenvalue weighted by molar-refractivity contribution is 0.886. The SMILES string of the molecule is CC.CCCC.c1ccccc1. The Kier molecular flexibility index (Phi) is 19.1. The lowest BCUT2D eigenvalue weighted by atomic mass is 10.4. The predicted octanol–water partition coefficient (Wildman–Crippen LogP) is 4.52. The molecular formula is C12H22. The fourth-order valence-corrected chi connectivity index (χ4v) is 0.385. The van der Waals surface area contributed by atoms with Gasteiger partial charge in [0.05, 0.1) is 0 Å². The van der Waals surface area contributed by atoms with E-state index in [9.17, 15) is 0 Å². The normalized spacial score (nSPS) is 7.00. The van der Waals surface area contributed by atoms with Crippen LogP contribution in [-0.2, 0) is 0 Å². The minimum Gasteiger partial charge on any atom is -0.0683 e. The molecule has 0 unspecified atom stereocenters. The quantitative estimate of drug-likeness (QED) is 0.575. The van der Waals surface area contributed by atoms with E-state index < -0.39 is 0 Å². The molecular weight excluding hydrogens is 144 g/mol. The zero-order valence-electron chi connectivity index (χ0n) is 8.88. The molecule has 0 radical (unpaired) electrons. The molecule has 0 amide bonds. The van der Waals surface area contributed by atoms with Gasteiger partial charge in [-0.15, -0.1) is 0 Å². The Morgan fingerprint density at radius 2 is 0.750 bits per heavy atom. The van der Waals surface area contributed by atoms with Crippen molar-refractivity contribution >= 4 is 0 Å². The third-order valence-corrected chi connectivity index (χ3v) is 1.17. The van der Waals surface area contributed by atoms with Gasteiger partial charge in [0, 0.05) is 0 Å². The maximum absolute atomic E-state index is 2.18. The topological polar surface area (TPSA) is 0 Å². The molecule has 0 spiro atoms. The maximum Gasteiger partial charge on any atom is -0.0564 e. The van der Waals surface area contributed by atoms with Crippen molar-refractivity contribution in [3.8, 4) is 0 Å². The molecule has 0 N–H and O–H groups in total. The second kappa shape index (κ2) is 16.7. The smallest absolute Gasteiger partial charge is 0.0564 e. The van der Waals surface area contributed by atoms with Gasteiger partial charge in [-0.3, -0.25) is 0 Å². The number of benzene rings is 1. The molecule has 70 valence electrons. The summed E-state index contributed by atoms with van der Waals surface area (Å²) in [6.45, 7) is 8.36. The van der Waals surface area contributed by atoms with Crippen molar-refractivity contribution < 1.29 is 0 Å². The first-order chi connectivity index (χ1) is 5.91. The summed E-state index contributed by atoms with van der Waals surface area (Å²) < 4.78 is 0. The molecule has 0 aliphatic rings. The molecule has 0 saturated heterocycles. The molecule has 1 aromatic carbocycles. The number of hydrogen-bond acceptors (Lipinski definition) is 0. The molecule has 12 heavy (non-hydrogen) atoms. The molecule has 1 rings (SSSR count). The Balaban J connectivity index is 0. The molecule has 0 atom stereocenters. The molecule has 0 aliphatic carbocycles. The van der Waals surface area contributed by atoms with Crippen molar-refractivity contribution in [3.05, 3.63) is 36.4 Å². The van der Waals surface area contributed by atoms with E-state index in [1.165, 1.54) is 12.8 Å². The van der Waals surface area contributed by atoms with Gasteiger partial charge in [-0.2, -0.15) is 0 Å². The van der Waals surface area contributed by atoms with Gasteiger partial charge in [0.25, 0.3) is 0 Å². The minimum absolute atomic E-state index is 1.32. The van der Waals surface area contributed by atoms with Crippen LogP contribution in [0.3, 0.4) is 0 Å². The average Bonchev–Trinajstić information content (AvgIpc) is 2.24. The molecule has 0 heterocycles. The summed E-state index contributed by atoms with van der Waals surface area (Å²) in [5.41, 5.74) is 0. The van der Waals surface area contributed by atoms with Crippen LogP contribution in [0.4, 0.5) is 0 Å². The van der Waals surface area contributed by atoms with Gasteiger partial charge in [-0.1, -0.05) is 76.9 Å². The summed E-state index contributed by atoms with van der Waals surface area (Å²) in [5.74, 6) is 0. The van der Waals surface area contributed by atoms with E-state index in [0.717, 1.165) is 0 Å². The zero-order valence-corrected chi connectivity index (χ0v) is 8.88. The van der Waals surface area contributed by atoms with E-state index in [0.29, 0.717) is 0 Å². The van der Waals surface area contributed by atoms with Crippen molar-refractivity contribution in [1.29, 1.82) is 0 Å². The van der Waals surface area contributed by atoms with Gasteiger partial charge >= 0.3 is 0 Å². The van der Waals surface area contributed by atoms with E-state index in [4.69, 9.17) is 0 Å². The third kappa shape index (κ3) is 16.1. The summed E-state index contributed by atoms with van der Waals surface area (Å²) >= 11 is 0. The minimum atomic E-state index is 1.32. The zero-order chi connectivity index (χ0) is 9.66. The van der Waals surface area contributed by atoms with Crippen LogP contribution in [0.5, 0.6) is 0 Å². The summed E-state index contributed by atoms with van der Waals surface area (Å²) in [7, 11) is 0. The van der Waals surface area contributed by atoms with E-state index in [1.807, 2.05) is 50.2 Å². The molecule has 1 aromatic rings. The van der Waals surface area contributed by atoms with Crippen molar-refractivity contribution in [2.45, 2.75) is 40.5 Å². The van der Waals surface area contributed by atoms with Crippen molar-refractivity contribution in [3.63, 3.8) is 0 Å². The van der Waals surface area contributed by atoms with Crippen LogP contribution in [0.2, 0.25) is 0 Å². The van der Waals surface area contributed by atoms with Crippen LogP contribution in [0.1, 0.15) is 40.5 Å². The highest BCUT2D eigenvalue weighted by Crippen LogP contribution is 1.79. The first kappa shape index (κ1) is 13.8. The van der Waals surface area contributed by atoms with Crippen LogP contribution in [0.15, 0.2) is 36.4 Å². The largest absolute Gasteiger partial charge is 0.0683 e. The maximum atomic E-state index is 2.18. The second-order valence-corrected chi connectivity index (χ2v) is 2.15. The predicted molar refractivity (Wildman–Crippen MR) is 58.4 cm³/mol. The first-order valence-electron chi connectivity index (χ1n) is 4.91. The van der Waals surface area contributed by atoms with Crippen molar-refractivity contribution in [2.24, 2.45) is 0 Å². The van der Waals surface area contributed by atoms with Gasteiger partial charge < -0.3 is 0 Å². The lowest BCUT2D eigenvalue weighted by Crippen LogP contribution is -1.47.